The molecule has 164 valence electrons. The van der Waals surface area contributed by atoms with Gasteiger partial charge in [0.1, 0.15) is 0 Å². The number of benzene rings is 2. The Hall–Kier alpha value is -2.91. The third kappa shape index (κ3) is 3.86. The summed E-state index contributed by atoms with van der Waals surface area (Å²) in [6, 6.07) is 13.1. The molecule has 0 unspecified atom stereocenters. The van der Waals surface area contributed by atoms with E-state index in [9.17, 15) is 14.4 Å². The number of carbonyl (C=O) groups excluding carboxylic acids is 3. The number of thiazole rings is 1. The Morgan fingerprint density at radius 3 is 2.47 bits per heavy atom. The first kappa shape index (κ1) is 21.0. The highest BCUT2D eigenvalue weighted by Gasteiger charge is 2.31. The fraction of sp³-hybridized carbons (Fsp3) is 0.304. The SMILES string of the molecule is CSc1ccc2nc(N3CCN(C(=O)c4cccc(N5C(=O)CCC5=O)c4)CC3)sc2c1. The van der Waals surface area contributed by atoms with Crippen molar-refractivity contribution in [3.8, 4) is 0 Å². The molecule has 7 nitrogen and oxygen atoms in total. The number of aromatic nitrogens is 1. The van der Waals surface area contributed by atoms with Crippen molar-refractivity contribution < 1.29 is 14.4 Å². The van der Waals surface area contributed by atoms with Crippen LogP contribution in [-0.4, -0.2) is 60.0 Å². The predicted molar refractivity (Wildman–Crippen MR) is 128 cm³/mol. The Kier molecular flexibility index (Phi) is 5.60. The molecule has 2 aliphatic heterocycles. The molecule has 0 bridgehead atoms. The largest absolute Gasteiger partial charge is 0.345 e. The number of amides is 3. The summed E-state index contributed by atoms with van der Waals surface area (Å²) >= 11 is 3.40. The van der Waals surface area contributed by atoms with Crippen LogP contribution >= 0.6 is 23.1 Å². The first-order valence-corrected chi connectivity index (χ1v) is 12.5. The monoisotopic (exact) mass is 466 g/mol. The second-order valence-electron chi connectivity index (χ2n) is 7.78. The van der Waals surface area contributed by atoms with Gasteiger partial charge < -0.3 is 9.80 Å². The van der Waals surface area contributed by atoms with Gasteiger partial charge in [-0.05, 0) is 42.7 Å². The van der Waals surface area contributed by atoms with Crippen LogP contribution < -0.4 is 9.80 Å². The van der Waals surface area contributed by atoms with E-state index in [1.165, 1.54) is 14.5 Å². The molecule has 2 aliphatic rings. The zero-order valence-electron chi connectivity index (χ0n) is 17.6. The van der Waals surface area contributed by atoms with Gasteiger partial charge in [0.15, 0.2) is 5.13 Å². The number of rotatable bonds is 4. The molecular weight excluding hydrogens is 444 g/mol. The van der Waals surface area contributed by atoms with Crippen molar-refractivity contribution in [1.82, 2.24) is 9.88 Å². The summed E-state index contributed by atoms with van der Waals surface area (Å²) in [7, 11) is 0. The molecule has 5 rings (SSSR count). The summed E-state index contributed by atoms with van der Waals surface area (Å²) in [4.78, 5) is 48.4. The van der Waals surface area contributed by atoms with Gasteiger partial charge >= 0.3 is 0 Å². The number of piperazine rings is 1. The lowest BCUT2D eigenvalue weighted by molar-refractivity contribution is -0.121. The average Bonchev–Trinajstić information content (AvgIpc) is 3.40. The maximum absolute atomic E-state index is 13.1. The molecule has 1 aromatic heterocycles. The maximum atomic E-state index is 13.1. The number of hydrogen-bond acceptors (Lipinski definition) is 7. The van der Waals surface area contributed by atoms with Crippen LogP contribution in [-0.2, 0) is 9.59 Å². The number of carbonyl (C=O) groups is 3. The molecule has 3 amide bonds. The van der Waals surface area contributed by atoms with E-state index in [2.05, 4.69) is 29.4 Å². The van der Waals surface area contributed by atoms with Crippen molar-refractivity contribution in [2.24, 2.45) is 0 Å². The highest BCUT2D eigenvalue weighted by atomic mass is 32.2. The van der Waals surface area contributed by atoms with Gasteiger partial charge in [-0.25, -0.2) is 4.98 Å². The number of thioether (sulfide) groups is 1. The summed E-state index contributed by atoms with van der Waals surface area (Å²) in [6.45, 7) is 2.61. The standard InChI is InChI=1S/C23H22N4O3S2/c1-31-17-5-6-18-19(14-17)32-23(24-18)26-11-9-25(10-12-26)22(30)15-3-2-4-16(13-15)27-20(28)7-8-21(27)29/h2-6,13-14H,7-12H2,1H3. The highest BCUT2D eigenvalue weighted by molar-refractivity contribution is 7.98. The van der Waals surface area contributed by atoms with Gasteiger partial charge in [0, 0.05) is 49.5 Å². The molecule has 2 fully saturated rings. The fourth-order valence-electron chi connectivity index (χ4n) is 4.08. The van der Waals surface area contributed by atoms with Gasteiger partial charge in [0.25, 0.3) is 5.91 Å². The van der Waals surface area contributed by atoms with E-state index < -0.39 is 0 Å². The van der Waals surface area contributed by atoms with Crippen LogP contribution in [0, 0.1) is 0 Å². The van der Waals surface area contributed by atoms with Gasteiger partial charge in [-0.2, -0.15) is 0 Å². The van der Waals surface area contributed by atoms with E-state index in [1.54, 1.807) is 47.4 Å². The molecular formula is C23H22N4O3S2. The van der Waals surface area contributed by atoms with E-state index in [1.807, 2.05) is 4.90 Å². The lowest BCUT2D eigenvalue weighted by atomic mass is 10.1. The van der Waals surface area contributed by atoms with Crippen molar-refractivity contribution in [3.63, 3.8) is 0 Å². The summed E-state index contributed by atoms with van der Waals surface area (Å²) in [6.07, 6.45) is 2.52. The molecule has 0 atom stereocenters. The van der Waals surface area contributed by atoms with E-state index >= 15 is 0 Å². The molecule has 2 saturated heterocycles. The average molecular weight is 467 g/mol. The lowest BCUT2D eigenvalue weighted by Gasteiger charge is -2.34. The van der Waals surface area contributed by atoms with Crippen LogP contribution in [0.15, 0.2) is 47.4 Å². The predicted octanol–water partition coefficient (Wildman–Crippen LogP) is 3.63. The minimum atomic E-state index is -0.214. The number of fused-ring (bicyclic) bond motifs is 1. The third-order valence-corrected chi connectivity index (χ3v) is 7.63. The molecule has 3 heterocycles. The smallest absolute Gasteiger partial charge is 0.254 e. The Balaban J connectivity index is 1.27. The number of imide groups is 1. The van der Waals surface area contributed by atoms with Crippen LogP contribution in [0.4, 0.5) is 10.8 Å². The molecule has 0 N–H and O–H groups in total. The number of hydrogen-bond donors (Lipinski definition) is 0. The Morgan fingerprint density at radius 2 is 1.75 bits per heavy atom. The molecule has 0 aliphatic carbocycles. The normalized spacial score (nSPS) is 17.0. The molecule has 32 heavy (non-hydrogen) atoms. The van der Waals surface area contributed by atoms with Crippen LogP contribution in [0.1, 0.15) is 23.2 Å². The number of anilines is 2. The minimum absolute atomic E-state index is 0.0838. The van der Waals surface area contributed by atoms with Crippen molar-refractivity contribution in [1.29, 1.82) is 0 Å². The van der Waals surface area contributed by atoms with Crippen molar-refractivity contribution >= 4 is 61.9 Å². The van der Waals surface area contributed by atoms with E-state index in [0.717, 1.165) is 10.6 Å². The summed E-state index contributed by atoms with van der Waals surface area (Å²) < 4.78 is 1.17. The van der Waals surface area contributed by atoms with E-state index in [4.69, 9.17) is 4.98 Å². The van der Waals surface area contributed by atoms with Gasteiger partial charge in [0.05, 0.1) is 15.9 Å². The van der Waals surface area contributed by atoms with Gasteiger partial charge in [-0.15, -0.1) is 11.8 Å². The molecule has 0 saturated carbocycles. The van der Waals surface area contributed by atoms with Gasteiger partial charge in [-0.3, -0.25) is 19.3 Å². The first-order valence-electron chi connectivity index (χ1n) is 10.5. The van der Waals surface area contributed by atoms with Gasteiger partial charge in [-0.1, -0.05) is 17.4 Å². The summed E-state index contributed by atoms with van der Waals surface area (Å²) in [5.41, 5.74) is 1.97. The zero-order chi connectivity index (χ0) is 22.2. The topological polar surface area (TPSA) is 73.8 Å². The summed E-state index contributed by atoms with van der Waals surface area (Å²) in [5.74, 6) is -0.512. The molecule has 0 radical (unpaired) electrons. The minimum Gasteiger partial charge on any atom is -0.345 e. The van der Waals surface area contributed by atoms with E-state index in [-0.39, 0.29) is 30.6 Å². The lowest BCUT2D eigenvalue weighted by Crippen LogP contribution is -2.48. The van der Waals surface area contributed by atoms with Crippen molar-refractivity contribution in [2.75, 3.05) is 42.2 Å². The Bertz CT molecular complexity index is 1200. The van der Waals surface area contributed by atoms with E-state index in [0.29, 0.717) is 37.4 Å². The summed E-state index contributed by atoms with van der Waals surface area (Å²) in [5, 5.41) is 0.985. The quantitative estimate of drug-likeness (QED) is 0.432. The first-order chi connectivity index (χ1) is 15.5. The van der Waals surface area contributed by atoms with Gasteiger partial charge in [0.2, 0.25) is 11.8 Å². The van der Waals surface area contributed by atoms with Crippen molar-refractivity contribution in [2.45, 2.75) is 17.7 Å². The third-order valence-electron chi connectivity index (χ3n) is 5.82. The van der Waals surface area contributed by atoms with Crippen LogP contribution in [0.25, 0.3) is 10.2 Å². The van der Waals surface area contributed by atoms with Crippen LogP contribution in [0.2, 0.25) is 0 Å². The Morgan fingerprint density at radius 1 is 1.00 bits per heavy atom. The molecule has 2 aromatic carbocycles. The molecule has 0 spiro atoms. The number of nitrogens with zero attached hydrogens (tertiary/aromatic N) is 4. The fourth-order valence-corrected chi connectivity index (χ4v) is 5.65. The maximum Gasteiger partial charge on any atom is 0.254 e. The van der Waals surface area contributed by atoms with Crippen LogP contribution in [0.5, 0.6) is 0 Å². The highest BCUT2D eigenvalue weighted by Crippen LogP contribution is 2.32. The van der Waals surface area contributed by atoms with Crippen molar-refractivity contribution in [3.05, 3.63) is 48.0 Å². The second kappa shape index (κ2) is 8.55. The molecule has 3 aromatic rings. The zero-order valence-corrected chi connectivity index (χ0v) is 19.2. The van der Waals surface area contributed by atoms with Crippen LogP contribution in [0.3, 0.4) is 0 Å². The molecule has 9 heteroatoms. The Labute approximate surface area is 194 Å². The second-order valence-corrected chi connectivity index (χ2v) is 9.67.